The van der Waals surface area contributed by atoms with E-state index in [1.807, 2.05) is 12.1 Å². The van der Waals surface area contributed by atoms with E-state index in [1.165, 1.54) is 62.3 Å². The molecule has 2 aromatic carbocycles. The standard InChI is InChI=1S/C27H38O2/c1-3-5-7-9-21-11-13-22(14-12-21)23-15-16-25-20-26(18-17-24(25)19-23)29-27(28)10-8-6-4-2/h15-22H,3-14H2,1-2H3. The molecule has 2 aromatic rings. The number of rotatable bonds is 10. The zero-order valence-corrected chi connectivity index (χ0v) is 18.4. The molecular weight excluding hydrogens is 356 g/mol. The molecule has 2 heteroatoms. The predicted octanol–water partition coefficient (Wildman–Crippen LogP) is 8.18. The Hall–Kier alpha value is -1.83. The van der Waals surface area contributed by atoms with Crippen molar-refractivity contribution in [2.24, 2.45) is 5.92 Å². The number of unbranched alkanes of at least 4 members (excludes halogenated alkanes) is 4. The molecule has 2 nitrogen and oxygen atoms in total. The van der Waals surface area contributed by atoms with Crippen LogP contribution in [0.1, 0.15) is 102 Å². The van der Waals surface area contributed by atoms with Crippen molar-refractivity contribution in [3.63, 3.8) is 0 Å². The van der Waals surface area contributed by atoms with E-state index in [2.05, 4.69) is 38.1 Å². The average Bonchev–Trinajstić information content (AvgIpc) is 2.74. The second kappa shape index (κ2) is 11.4. The van der Waals surface area contributed by atoms with Crippen molar-refractivity contribution in [1.29, 1.82) is 0 Å². The molecule has 1 saturated carbocycles. The zero-order chi connectivity index (χ0) is 20.5. The number of hydrogen-bond donors (Lipinski definition) is 0. The Bertz CT molecular complexity index is 771. The maximum absolute atomic E-state index is 12.0. The fourth-order valence-corrected chi connectivity index (χ4v) is 4.73. The molecule has 0 aromatic heterocycles. The van der Waals surface area contributed by atoms with Crippen molar-refractivity contribution >= 4 is 16.7 Å². The molecule has 1 aliphatic rings. The first-order valence-corrected chi connectivity index (χ1v) is 11.9. The van der Waals surface area contributed by atoms with E-state index in [-0.39, 0.29) is 5.97 Å². The smallest absolute Gasteiger partial charge is 0.311 e. The number of fused-ring (bicyclic) bond motifs is 1. The van der Waals surface area contributed by atoms with Gasteiger partial charge in [0.25, 0.3) is 0 Å². The van der Waals surface area contributed by atoms with Crippen LogP contribution in [0.2, 0.25) is 0 Å². The van der Waals surface area contributed by atoms with Crippen LogP contribution in [0.5, 0.6) is 5.75 Å². The first kappa shape index (κ1) is 21.9. The summed E-state index contributed by atoms with van der Waals surface area (Å²) in [5.74, 6) is 2.20. The summed E-state index contributed by atoms with van der Waals surface area (Å²) in [7, 11) is 0. The van der Waals surface area contributed by atoms with E-state index < -0.39 is 0 Å². The Morgan fingerprint density at radius 2 is 1.55 bits per heavy atom. The van der Waals surface area contributed by atoms with Gasteiger partial charge >= 0.3 is 5.97 Å². The number of carbonyl (C=O) groups is 1. The van der Waals surface area contributed by atoms with Crippen LogP contribution in [0.15, 0.2) is 36.4 Å². The van der Waals surface area contributed by atoms with Gasteiger partial charge in [-0.1, -0.05) is 76.6 Å². The van der Waals surface area contributed by atoms with E-state index in [9.17, 15) is 4.79 Å². The van der Waals surface area contributed by atoms with Gasteiger partial charge in [0.2, 0.25) is 0 Å². The largest absolute Gasteiger partial charge is 0.427 e. The van der Waals surface area contributed by atoms with Gasteiger partial charge in [0.15, 0.2) is 0 Å². The van der Waals surface area contributed by atoms with Crippen molar-refractivity contribution in [2.45, 2.75) is 96.8 Å². The number of carbonyl (C=O) groups excluding carboxylic acids is 1. The Labute approximate surface area is 177 Å². The molecule has 0 heterocycles. The Morgan fingerprint density at radius 1 is 0.862 bits per heavy atom. The highest BCUT2D eigenvalue weighted by Gasteiger charge is 2.22. The molecular formula is C27H38O2. The highest BCUT2D eigenvalue weighted by molar-refractivity contribution is 5.85. The Morgan fingerprint density at radius 3 is 2.31 bits per heavy atom. The summed E-state index contributed by atoms with van der Waals surface area (Å²) in [6.07, 6.45) is 14.6. The van der Waals surface area contributed by atoms with E-state index in [1.54, 1.807) is 0 Å². The Balaban J connectivity index is 1.56. The third kappa shape index (κ3) is 6.59. The molecule has 0 N–H and O–H groups in total. The van der Waals surface area contributed by atoms with Crippen molar-refractivity contribution in [3.8, 4) is 5.75 Å². The molecule has 0 aliphatic heterocycles. The minimum Gasteiger partial charge on any atom is -0.427 e. The van der Waals surface area contributed by atoms with Crippen molar-refractivity contribution in [1.82, 2.24) is 0 Å². The molecule has 0 amide bonds. The molecule has 1 fully saturated rings. The van der Waals surface area contributed by atoms with Crippen LogP contribution in [0.25, 0.3) is 10.8 Å². The van der Waals surface area contributed by atoms with Gasteiger partial charge in [-0.3, -0.25) is 4.79 Å². The van der Waals surface area contributed by atoms with Gasteiger partial charge in [0, 0.05) is 6.42 Å². The maximum Gasteiger partial charge on any atom is 0.311 e. The van der Waals surface area contributed by atoms with Gasteiger partial charge in [-0.05, 0) is 72.4 Å². The maximum atomic E-state index is 12.0. The molecule has 0 unspecified atom stereocenters. The van der Waals surface area contributed by atoms with E-state index in [0.717, 1.165) is 30.6 Å². The lowest BCUT2D eigenvalue weighted by Gasteiger charge is -2.29. The zero-order valence-electron chi connectivity index (χ0n) is 18.4. The van der Waals surface area contributed by atoms with Gasteiger partial charge < -0.3 is 4.74 Å². The molecule has 0 bridgehead atoms. The lowest BCUT2D eigenvalue weighted by molar-refractivity contribution is -0.134. The van der Waals surface area contributed by atoms with Gasteiger partial charge in [0.05, 0.1) is 0 Å². The summed E-state index contributed by atoms with van der Waals surface area (Å²) < 4.78 is 5.53. The molecule has 1 aliphatic carbocycles. The normalized spacial score (nSPS) is 19.4. The van der Waals surface area contributed by atoms with Crippen LogP contribution in [0.4, 0.5) is 0 Å². The number of esters is 1. The highest BCUT2D eigenvalue weighted by Crippen LogP contribution is 2.38. The fourth-order valence-electron chi connectivity index (χ4n) is 4.73. The molecule has 0 atom stereocenters. The third-order valence-corrected chi connectivity index (χ3v) is 6.59. The van der Waals surface area contributed by atoms with Crippen molar-refractivity contribution in [2.75, 3.05) is 0 Å². The number of ether oxygens (including phenoxy) is 1. The first-order valence-electron chi connectivity index (χ1n) is 11.9. The number of hydrogen-bond acceptors (Lipinski definition) is 2. The van der Waals surface area contributed by atoms with Gasteiger partial charge in [-0.25, -0.2) is 0 Å². The summed E-state index contributed by atoms with van der Waals surface area (Å²) in [5, 5.41) is 2.40. The minimum atomic E-state index is -0.120. The van der Waals surface area contributed by atoms with Crippen molar-refractivity contribution in [3.05, 3.63) is 42.0 Å². The second-order valence-electron chi connectivity index (χ2n) is 8.91. The van der Waals surface area contributed by atoms with Gasteiger partial charge in [-0.2, -0.15) is 0 Å². The number of benzene rings is 2. The molecule has 3 rings (SSSR count). The monoisotopic (exact) mass is 394 g/mol. The van der Waals surface area contributed by atoms with Gasteiger partial charge in [0.1, 0.15) is 5.75 Å². The average molecular weight is 395 g/mol. The van der Waals surface area contributed by atoms with Crippen LogP contribution >= 0.6 is 0 Å². The van der Waals surface area contributed by atoms with Crippen molar-refractivity contribution < 1.29 is 9.53 Å². The van der Waals surface area contributed by atoms with Crippen LogP contribution in [0, 0.1) is 5.92 Å². The summed E-state index contributed by atoms with van der Waals surface area (Å²) in [4.78, 5) is 12.0. The second-order valence-corrected chi connectivity index (χ2v) is 8.91. The SMILES string of the molecule is CCCCCC(=O)Oc1ccc2cc(C3CCC(CCCCC)CC3)ccc2c1. The summed E-state index contributed by atoms with van der Waals surface area (Å²) in [6.45, 7) is 4.43. The van der Waals surface area contributed by atoms with Crippen LogP contribution in [0.3, 0.4) is 0 Å². The Kier molecular flexibility index (Phi) is 8.58. The highest BCUT2D eigenvalue weighted by atomic mass is 16.5. The molecule has 0 spiro atoms. The summed E-state index contributed by atoms with van der Waals surface area (Å²) in [6, 6.07) is 12.9. The molecule has 0 saturated heterocycles. The first-order chi connectivity index (χ1) is 14.2. The topological polar surface area (TPSA) is 26.3 Å². The minimum absolute atomic E-state index is 0.120. The molecule has 158 valence electrons. The fraction of sp³-hybridized carbons (Fsp3) is 0.593. The van der Waals surface area contributed by atoms with E-state index in [4.69, 9.17) is 4.74 Å². The molecule has 0 radical (unpaired) electrons. The quantitative estimate of drug-likeness (QED) is 0.231. The van der Waals surface area contributed by atoms with Crippen LogP contribution in [-0.2, 0) is 4.79 Å². The van der Waals surface area contributed by atoms with Crippen LogP contribution < -0.4 is 4.74 Å². The van der Waals surface area contributed by atoms with E-state index in [0.29, 0.717) is 18.1 Å². The van der Waals surface area contributed by atoms with E-state index >= 15 is 0 Å². The summed E-state index contributed by atoms with van der Waals surface area (Å²) >= 11 is 0. The predicted molar refractivity (Wildman–Crippen MR) is 123 cm³/mol. The summed E-state index contributed by atoms with van der Waals surface area (Å²) in [5.41, 5.74) is 1.48. The van der Waals surface area contributed by atoms with Crippen LogP contribution in [-0.4, -0.2) is 5.97 Å². The lowest BCUT2D eigenvalue weighted by atomic mass is 9.77. The third-order valence-electron chi connectivity index (χ3n) is 6.59. The lowest BCUT2D eigenvalue weighted by Crippen LogP contribution is -2.13. The molecule has 29 heavy (non-hydrogen) atoms. The van der Waals surface area contributed by atoms with Gasteiger partial charge in [-0.15, -0.1) is 0 Å².